The molecule has 1 spiro atoms. The zero-order valence-electron chi connectivity index (χ0n) is 49.0. The Morgan fingerprint density at radius 1 is 0.854 bits per heavy atom. The number of anilines is 1. The smallest absolute Gasteiger partial charge is 0.347 e. The Bertz CT molecular complexity index is 2690. The highest BCUT2D eigenvalue weighted by Crippen LogP contribution is 2.47. The van der Waals surface area contributed by atoms with Crippen molar-refractivity contribution in [2.24, 2.45) is 23.7 Å². The van der Waals surface area contributed by atoms with Crippen LogP contribution >= 0.6 is 0 Å². The number of aromatic hydroxyl groups is 1. The molecule has 1 amide bonds. The quantitative estimate of drug-likeness (QED) is 0.0814. The second-order valence-electron chi connectivity index (χ2n) is 23.1. The normalized spacial score (nSPS) is 37.9. The van der Waals surface area contributed by atoms with Gasteiger partial charge in [-0.25, -0.2) is 4.79 Å². The lowest BCUT2D eigenvalue weighted by Crippen LogP contribution is -2.58. The fourth-order valence-corrected chi connectivity index (χ4v) is 12.2. The fraction of sp³-hybridized carbons (Fsp3) is 0.603. The van der Waals surface area contributed by atoms with Gasteiger partial charge in [0.2, 0.25) is 5.91 Å². The van der Waals surface area contributed by atoms with Crippen molar-refractivity contribution in [1.29, 1.82) is 0 Å². The van der Waals surface area contributed by atoms with Crippen molar-refractivity contribution in [2.75, 3.05) is 26.1 Å². The highest BCUT2D eigenvalue weighted by atomic mass is 16.7. The number of aliphatic hydroxyl groups excluding tert-OH is 2. The predicted octanol–water partition coefficient (Wildman–Crippen LogP) is 7.95. The largest absolute Gasteiger partial charge is 0.507 e. The van der Waals surface area contributed by atoms with Gasteiger partial charge in [0.1, 0.15) is 59.1 Å². The minimum Gasteiger partial charge on any atom is -0.507 e. The summed E-state index contributed by atoms with van der Waals surface area (Å²) in [5.41, 5.74) is 0.840. The van der Waals surface area contributed by atoms with Crippen LogP contribution in [0, 0.1) is 23.7 Å². The number of carbonyl (C=O) groups is 3. The molecule has 4 saturated heterocycles. The first-order chi connectivity index (χ1) is 39.1. The Hall–Kier alpha value is -5.13. The van der Waals surface area contributed by atoms with Gasteiger partial charge in [0.15, 0.2) is 18.4 Å². The minimum atomic E-state index is -1.84. The van der Waals surface area contributed by atoms with E-state index in [9.17, 15) is 34.8 Å². The van der Waals surface area contributed by atoms with Crippen LogP contribution in [0.15, 0.2) is 108 Å². The molecule has 5 N–H and O–H groups in total. The van der Waals surface area contributed by atoms with Crippen molar-refractivity contribution in [3.8, 4) is 11.5 Å². The molecule has 20 atom stereocenters. The number of hydrogen-bond acceptors (Lipinski definition) is 18. The number of nitrogens with one attached hydrogen (secondary N) is 1. The molecule has 0 radical (unpaired) electrons. The summed E-state index contributed by atoms with van der Waals surface area (Å²) in [6.45, 7) is 17.5. The average molecular weight is 1140 g/mol. The number of hydrogen-bond donors (Lipinski definition) is 5. The van der Waals surface area contributed by atoms with E-state index < -0.39 is 96.8 Å². The molecule has 450 valence electrons. The molecule has 7 aliphatic rings. The van der Waals surface area contributed by atoms with Crippen LogP contribution in [0.25, 0.3) is 0 Å². The van der Waals surface area contributed by atoms with E-state index in [1.54, 1.807) is 76.6 Å². The topological polar surface area (TPSA) is 246 Å². The number of methoxy groups -OCH3 is 2. The maximum absolute atomic E-state index is 14.3. The number of amides is 1. The Morgan fingerprint density at radius 2 is 1.55 bits per heavy atom. The standard InChI is InChI=1S/C48H72O14.C15H13NO4/c1-11-25(2)43-28(5)17-18-47(62-43)23-34-20-33(61-47)16-15-27(4)42(26(3)13-12-14-32-24-55-45-40(49)29(6)19-35(46(51)58-34)48(32,45)52)59-39-22-37(54-10)44(31(8)57-39)60-38-21-36(53-9)41(50)30(7)56-38;1-10(17)16-11-6-8-12(9-7-11)20-15(19)13-4-2-3-5-14(13)18/h12-15,17-19,25-26,28,30-31,33-45,49-50,52H,11,16,20-24H2,1-10H3;2-9,18H,1H3,(H,16,17). The van der Waals surface area contributed by atoms with E-state index in [4.69, 9.17) is 52.1 Å². The molecule has 19 nitrogen and oxygen atoms in total. The summed E-state index contributed by atoms with van der Waals surface area (Å²) >= 11 is 0. The second kappa shape index (κ2) is 27.3. The zero-order valence-corrected chi connectivity index (χ0v) is 49.0. The van der Waals surface area contributed by atoms with E-state index in [-0.39, 0.29) is 59.9 Å². The molecule has 2 aromatic rings. The first kappa shape index (κ1) is 62.9. The van der Waals surface area contributed by atoms with Crippen LogP contribution < -0.4 is 10.1 Å². The minimum absolute atomic E-state index is 0.0317. The third-order valence-electron chi connectivity index (χ3n) is 17.0. The molecule has 19 heteroatoms. The molecule has 1 aliphatic carbocycles. The number of esters is 2. The van der Waals surface area contributed by atoms with Crippen LogP contribution in [-0.2, 0) is 57.0 Å². The Labute approximate surface area is 481 Å². The number of aliphatic hydroxyl groups is 3. The molecule has 0 aromatic heterocycles. The predicted molar refractivity (Wildman–Crippen MR) is 301 cm³/mol. The lowest BCUT2D eigenvalue weighted by Gasteiger charge is -2.48. The lowest BCUT2D eigenvalue weighted by molar-refractivity contribution is -0.318. The number of rotatable bonds is 11. The summed E-state index contributed by atoms with van der Waals surface area (Å²) in [6, 6.07) is 12.5. The van der Waals surface area contributed by atoms with Crippen molar-refractivity contribution in [2.45, 2.75) is 198 Å². The monoisotopic (exact) mass is 1140 g/mol. The lowest BCUT2D eigenvalue weighted by atomic mass is 9.71. The van der Waals surface area contributed by atoms with Crippen molar-refractivity contribution in [1.82, 2.24) is 0 Å². The van der Waals surface area contributed by atoms with Gasteiger partial charge in [0.25, 0.3) is 0 Å². The van der Waals surface area contributed by atoms with E-state index in [0.29, 0.717) is 54.7 Å². The third-order valence-corrected chi connectivity index (χ3v) is 17.0. The summed E-state index contributed by atoms with van der Waals surface area (Å²) in [7, 11) is 3.22. The van der Waals surface area contributed by atoms with Gasteiger partial charge in [-0.15, -0.1) is 0 Å². The number of phenolic OH excluding ortho intramolecular Hbond substituents is 1. The summed E-state index contributed by atoms with van der Waals surface area (Å²) in [6.07, 6.45) is 8.55. The van der Waals surface area contributed by atoms with Crippen LogP contribution in [0.1, 0.15) is 111 Å². The number of ether oxygens (including phenoxy) is 11. The number of carbonyl (C=O) groups excluding carboxylic acids is 3. The van der Waals surface area contributed by atoms with Crippen LogP contribution in [0.2, 0.25) is 0 Å². The molecule has 9 rings (SSSR count). The van der Waals surface area contributed by atoms with Gasteiger partial charge < -0.3 is 77.8 Å². The van der Waals surface area contributed by atoms with Gasteiger partial charge in [0, 0.05) is 64.3 Å². The number of para-hydroxylation sites is 1. The van der Waals surface area contributed by atoms with Crippen LogP contribution in [-0.4, -0.2) is 156 Å². The van der Waals surface area contributed by atoms with E-state index in [0.717, 1.165) is 12.0 Å². The average Bonchev–Trinajstić information content (AvgIpc) is 2.20. The van der Waals surface area contributed by atoms with Crippen molar-refractivity contribution < 1.29 is 86.9 Å². The third kappa shape index (κ3) is 14.3. The number of phenols is 1. The molecule has 82 heavy (non-hydrogen) atoms. The van der Waals surface area contributed by atoms with E-state index in [1.807, 2.05) is 32.1 Å². The Kier molecular flexibility index (Phi) is 20.9. The molecule has 2 bridgehead atoms. The van der Waals surface area contributed by atoms with Gasteiger partial charge in [-0.05, 0) is 99.2 Å². The SMILES string of the molecule is CC(=O)Nc1ccc(OC(=O)c2ccccc2O)cc1.CCC(C)C1OC2(C=CC1C)CC1CC(CC=C(C)C(OC3CC(OC)C(OC4CC(OC)C(O)C(C)O4)C(C)O3)C(C)C=CC=C3COC4C(O)C(C)=CC(C(=O)O1)C34O)O2. The maximum atomic E-state index is 14.3. The molecule has 20 unspecified atom stereocenters. The van der Waals surface area contributed by atoms with Crippen molar-refractivity contribution in [3.63, 3.8) is 0 Å². The summed E-state index contributed by atoms with van der Waals surface area (Å²) in [5, 5.41) is 46.4. The van der Waals surface area contributed by atoms with Gasteiger partial charge in [-0.1, -0.05) is 82.7 Å². The van der Waals surface area contributed by atoms with Gasteiger partial charge in [-0.2, -0.15) is 0 Å². The van der Waals surface area contributed by atoms with Gasteiger partial charge in [0.05, 0.1) is 49.3 Å². The Balaban J connectivity index is 0.000000370. The fourth-order valence-electron chi connectivity index (χ4n) is 12.2. The van der Waals surface area contributed by atoms with Crippen LogP contribution in [0.3, 0.4) is 0 Å². The molecule has 0 saturated carbocycles. The summed E-state index contributed by atoms with van der Waals surface area (Å²) in [5.74, 6) is -3.19. The number of benzene rings is 2. The molecular weight excluding hydrogens is 1060 g/mol. The van der Waals surface area contributed by atoms with Crippen LogP contribution in [0.5, 0.6) is 11.5 Å². The Morgan fingerprint density at radius 3 is 2.24 bits per heavy atom. The number of allylic oxidation sites excluding steroid dienone is 2. The molecule has 4 fully saturated rings. The highest BCUT2D eigenvalue weighted by molar-refractivity contribution is 5.94. The number of fused-ring (bicyclic) bond motifs is 2. The molecule has 6 heterocycles. The zero-order chi connectivity index (χ0) is 59.2. The van der Waals surface area contributed by atoms with Crippen molar-refractivity contribution >= 4 is 23.5 Å². The van der Waals surface area contributed by atoms with E-state index >= 15 is 0 Å². The van der Waals surface area contributed by atoms with Crippen LogP contribution in [0.4, 0.5) is 5.69 Å². The first-order valence-electron chi connectivity index (χ1n) is 28.8. The maximum Gasteiger partial charge on any atom is 0.347 e. The second-order valence-corrected chi connectivity index (χ2v) is 23.1. The van der Waals surface area contributed by atoms with Gasteiger partial charge in [-0.3, -0.25) is 9.59 Å². The van der Waals surface area contributed by atoms with Gasteiger partial charge >= 0.3 is 11.9 Å². The summed E-state index contributed by atoms with van der Waals surface area (Å²) in [4.78, 5) is 37.1. The molecule has 2 aromatic carbocycles. The first-order valence-corrected chi connectivity index (χ1v) is 28.8. The molecular formula is C63H85NO18. The molecule has 6 aliphatic heterocycles. The van der Waals surface area contributed by atoms with E-state index in [1.165, 1.54) is 19.1 Å². The van der Waals surface area contributed by atoms with Crippen molar-refractivity contribution in [3.05, 3.63) is 113 Å². The highest BCUT2D eigenvalue weighted by Gasteiger charge is 2.60. The summed E-state index contributed by atoms with van der Waals surface area (Å²) < 4.78 is 68.8. The van der Waals surface area contributed by atoms with E-state index in [2.05, 4.69) is 45.2 Å².